The molecule has 3 aromatic rings. The van der Waals surface area contributed by atoms with Crippen molar-refractivity contribution >= 4 is 63.9 Å². The van der Waals surface area contributed by atoms with Gasteiger partial charge < -0.3 is 19.6 Å². The Balaban J connectivity index is 0.669. The average molecular weight is 815 g/mol. The van der Waals surface area contributed by atoms with E-state index >= 15 is 0 Å². The lowest BCUT2D eigenvalue weighted by Crippen LogP contribution is -2.74. The van der Waals surface area contributed by atoms with Crippen LogP contribution in [-0.4, -0.2) is 122 Å². The van der Waals surface area contributed by atoms with Crippen molar-refractivity contribution in [2.24, 2.45) is 10.8 Å². The monoisotopic (exact) mass is 814 g/mol. The van der Waals surface area contributed by atoms with E-state index in [0.29, 0.717) is 33.3 Å². The fraction of sp³-hybridized carbons (Fsp3) is 0.467. The van der Waals surface area contributed by atoms with Gasteiger partial charge in [0.1, 0.15) is 6.04 Å². The molecule has 3 aromatic carbocycles. The summed E-state index contributed by atoms with van der Waals surface area (Å²) in [6, 6.07) is 18.8. The number of halogens is 1. The van der Waals surface area contributed by atoms with Crippen LogP contribution < -0.4 is 20.0 Å². The second kappa shape index (κ2) is 14.4. The van der Waals surface area contributed by atoms with Gasteiger partial charge in [0.05, 0.1) is 17.7 Å². The molecule has 14 heteroatoms. The number of rotatable bonds is 6. The van der Waals surface area contributed by atoms with E-state index in [1.54, 1.807) is 12.1 Å². The molecule has 0 aromatic heterocycles. The smallest absolute Gasteiger partial charge is 0.262 e. The fourth-order valence-corrected chi connectivity index (χ4v) is 11.1. The van der Waals surface area contributed by atoms with Crippen LogP contribution in [0.4, 0.5) is 22.7 Å². The number of fused-ring (bicyclic) bond motifs is 1. The Morgan fingerprint density at radius 2 is 1.32 bits per heavy atom. The van der Waals surface area contributed by atoms with Crippen molar-refractivity contribution in [2.45, 2.75) is 57.0 Å². The van der Waals surface area contributed by atoms with Gasteiger partial charge >= 0.3 is 0 Å². The van der Waals surface area contributed by atoms with E-state index in [-0.39, 0.29) is 30.1 Å². The molecular formula is C45H47ClN8O5. The Labute approximate surface area is 348 Å². The van der Waals surface area contributed by atoms with E-state index < -0.39 is 23.8 Å². The molecule has 13 nitrogen and oxygen atoms in total. The summed E-state index contributed by atoms with van der Waals surface area (Å²) < 4.78 is 0. The maximum Gasteiger partial charge on any atom is 0.262 e. The van der Waals surface area contributed by atoms with Gasteiger partial charge in [0.25, 0.3) is 17.7 Å². The van der Waals surface area contributed by atoms with Crippen molar-refractivity contribution in [3.8, 4) is 0 Å². The van der Waals surface area contributed by atoms with Gasteiger partial charge in [-0.05, 0) is 98.5 Å². The molecule has 0 saturated carbocycles. The maximum absolute atomic E-state index is 13.5. The number of piperidine rings is 3. The number of nitrogens with zero attached hydrogens (tertiary/aromatic N) is 7. The van der Waals surface area contributed by atoms with E-state index in [9.17, 15) is 24.0 Å². The van der Waals surface area contributed by atoms with Gasteiger partial charge in [0.15, 0.2) is 0 Å². The number of benzene rings is 3. The van der Waals surface area contributed by atoms with Gasteiger partial charge in [0, 0.05) is 111 Å². The molecule has 0 radical (unpaired) electrons. The maximum atomic E-state index is 13.5. The molecule has 0 aliphatic carbocycles. The van der Waals surface area contributed by atoms with Crippen molar-refractivity contribution in [2.75, 3.05) is 80.1 Å². The number of amides is 5. The van der Waals surface area contributed by atoms with Gasteiger partial charge in [-0.15, -0.1) is 0 Å². The third-order valence-electron chi connectivity index (χ3n) is 14.3. The molecule has 1 unspecified atom stereocenters. The molecule has 6 saturated heterocycles. The number of anilines is 3. The molecule has 1 N–H and O–H groups in total. The average Bonchev–Trinajstić information content (AvgIpc) is 3.74. The third kappa shape index (κ3) is 6.61. The standard InChI is InChI=1S/C45H47ClN8O5/c1-47-37-9-7-33(23-36(37)46)51-21-16-44(24-51)14-19-50(20-15-44)30-4-2-29(3-5-30)41(57)53-27-45(28-53)25-52(26-45)31-12-17-49(18-13-31)32-6-8-34-35(22-32)43(59)54(42(34)58)38-10-11-39(55)48-40(38)56/h2-9,22-23,31,38H,10-21,24-28H2,(H,48,55,56). The van der Waals surface area contributed by atoms with E-state index in [0.717, 1.165) is 119 Å². The van der Waals surface area contributed by atoms with Gasteiger partial charge in [-0.2, -0.15) is 0 Å². The Morgan fingerprint density at radius 3 is 2.00 bits per heavy atom. The van der Waals surface area contributed by atoms with Crippen molar-refractivity contribution < 1.29 is 24.0 Å². The summed E-state index contributed by atoms with van der Waals surface area (Å²) in [6.07, 6.45) is 5.62. The summed E-state index contributed by atoms with van der Waals surface area (Å²) in [5.74, 6) is -1.85. The van der Waals surface area contributed by atoms with Crippen molar-refractivity contribution in [1.29, 1.82) is 0 Å². The highest BCUT2D eigenvalue weighted by Crippen LogP contribution is 2.45. The molecule has 7 heterocycles. The van der Waals surface area contributed by atoms with E-state index in [1.807, 2.05) is 41.3 Å². The largest absolute Gasteiger partial charge is 0.371 e. The minimum atomic E-state index is -0.971. The predicted octanol–water partition coefficient (Wildman–Crippen LogP) is 5.22. The second-order valence-electron chi connectivity index (χ2n) is 17.9. The van der Waals surface area contributed by atoms with Crippen LogP contribution in [0.15, 0.2) is 60.7 Å². The molecule has 6 fully saturated rings. The molecule has 304 valence electrons. The van der Waals surface area contributed by atoms with Crippen LogP contribution in [0.2, 0.25) is 5.02 Å². The second-order valence-corrected chi connectivity index (χ2v) is 18.3. The van der Waals surface area contributed by atoms with Crippen molar-refractivity contribution in [3.63, 3.8) is 0 Å². The molecule has 2 spiro atoms. The lowest BCUT2D eigenvalue weighted by molar-refractivity contribution is -0.136. The molecule has 0 bridgehead atoms. The topological polar surface area (TPSA) is 121 Å². The molecule has 1 atom stereocenters. The van der Waals surface area contributed by atoms with Crippen LogP contribution in [-0.2, 0) is 9.59 Å². The van der Waals surface area contributed by atoms with Gasteiger partial charge in [-0.1, -0.05) is 17.7 Å². The number of hydrogen-bond acceptors (Lipinski definition) is 9. The molecule has 59 heavy (non-hydrogen) atoms. The summed E-state index contributed by atoms with van der Waals surface area (Å²) in [4.78, 5) is 80.2. The zero-order chi connectivity index (χ0) is 40.6. The lowest BCUT2D eigenvalue weighted by Gasteiger charge is -2.62. The summed E-state index contributed by atoms with van der Waals surface area (Å²) in [6.45, 7) is 16.5. The molecular weight excluding hydrogens is 768 g/mol. The first kappa shape index (κ1) is 37.8. The van der Waals surface area contributed by atoms with Crippen LogP contribution >= 0.6 is 11.6 Å². The summed E-state index contributed by atoms with van der Waals surface area (Å²) in [5.41, 5.74) is 5.49. The van der Waals surface area contributed by atoms with Crippen LogP contribution in [0.3, 0.4) is 0 Å². The van der Waals surface area contributed by atoms with E-state index in [1.165, 1.54) is 5.69 Å². The molecule has 7 aliphatic rings. The fourth-order valence-electron chi connectivity index (χ4n) is 10.9. The number of imide groups is 2. The number of nitrogens with one attached hydrogen (secondary N) is 1. The number of hydrogen-bond donors (Lipinski definition) is 1. The highest BCUT2D eigenvalue weighted by Gasteiger charge is 2.54. The highest BCUT2D eigenvalue weighted by molar-refractivity contribution is 6.33. The first-order valence-corrected chi connectivity index (χ1v) is 21.3. The van der Waals surface area contributed by atoms with Crippen LogP contribution in [0, 0.1) is 17.4 Å². The van der Waals surface area contributed by atoms with Gasteiger partial charge in [-0.25, -0.2) is 4.85 Å². The lowest BCUT2D eigenvalue weighted by atomic mass is 9.71. The Bertz CT molecular complexity index is 2300. The molecule has 10 rings (SSSR count). The van der Waals surface area contributed by atoms with Crippen molar-refractivity contribution in [3.05, 3.63) is 93.8 Å². The minimum Gasteiger partial charge on any atom is -0.371 e. The minimum absolute atomic E-state index is 0.0937. The first-order chi connectivity index (χ1) is 28.5. The van der Waals surface area contributed by atoms with Gasteiger partial charge in [-0.3, -0.25) is 39.1 Å². The summed E-state index contributed by atoms with van der Waals surface area (Å²) >= 11 is 6.34. The molecule has 5 amide bonds. The van der Waals surface area contributed by atoms with E-state index in [4.69, 9.17) is 18.2 Å². The van der Waals surface area contributed by atoms with Crippen LogP contribution in [0.25, 0.3) is 4.85 Å². The number of carbonyl (C=O) groups excluding carboxylic acids is 5. The summed E-state index contributed by atoms with van der Waals surface area (Å²) in [5, 5.41) is 2.77. The number of carbonyl (C=O) groups is 5. The SMILES string of the molecule is [C-]#[N+]c1ccc(N2CCC3(CCN(c4ccc(C(=O)N5CC6(C5)CN(C5CCN(c7ccc8c(c7)C(=O)N(C7CCC(=O)NC7=O)C8=O)CC5)C6)cc4)CC3)C2)cc1Cl. The summed E-state index contributed by atoms with van der Waals surface area (Å²) in [7, 11) is 0. The van der Waals surface area contributed by atoms with Crippen molar-refractivity contribution in [1.82, 2.24) is 20.0 Å². The van der Waals surface area contributed by atoms with Gasteiger partial charge in [0.2, 0.25) is 17.5 Å². The number of likely N-dealkylation sites (tertiary alicyclic amines) is 2. The molecule has 7 aliphatic heterocycles. The Morgan fingerprint density at radius 1 is 0.695 bits per heavy atom. The van der Waals surface area contributed by atoms with Crippen LogP contribution in [0.5, 0.6) is 0 Å². The first-order valence-electron chi connectivity index (χ1n) is 20.9. The normalized spacial score (nSPS) is 24.0. The predicted molar refractivity (Wildman–Crippen MR) is 223 cm³/mol. The highest BCUT2D eigenvalue weighted by atomic mass is 35.5. The Kier molecular flexibility index (Phi) is 9.21. The Hall–Kier alpha value is -5.45. The van der Waals surface area contributed by atoms with E-state index in [2.05, 4.69) is 41.9 Å². The zero-order valence-electron chi connectivity index (χ0n) is 33.0. The van der Waals surface area contributed by atoms with Crippen LogP contribution in [0.1, 0.15) is 76.0 Å². The third-order valence-corrected chi connectivity index (χ3v) is 14.6. The zero-order valence-corrected chi connectivity index (χ0v) is 33.8. The quantitative estimate of drug-likeness (QED) is 0.264.